The molecule has 2 aromatic carbocycles. The van der Waals surface area contributed by atoms with Crippen LogP contribution in [0.15, 0.2) is 36.4 Å². The molecule has 1 saturated carbocycles. The smallest absolute Gasteiger partial charge is 0.346 e. The average Bonchev–Trinajstić information content (AvgIpc) is 3.43. The van der Waals surface area contributed by atoms with E-state index in [0.29, 0.717) is 23.4 Å². The second kappa shape index (κ2) is 8.04. The van der Waals surface area contributed by atoms with Crippen LogP contribution in [0.5, 0.6) is 0 Å². The van der Waals surface area contributed by atoms with Gasteiger partial charge in [0.1, 0.15) is 5.69 Å². The molecule has 1 amide bonds. The van der Waals surface area contributed by atoms with Gasteiger partial charge in [0.15, 0.2) is 0 Å². The van der Waals surface area contributed by atoms with E-state index in [0.717, 1.165) is 4.57 Å². The zero-order chi connectivity index (χ0) is 22.5. The third-order valence-corrected chi connectivity index (χ3v) is 5.81. The molecule has 0 unspecified atom stereocenters. The largest absolute Gasteiger partial charge is 0.432 e. The highest BCUT2D eigenvalue weighted by atomic mass is 35.5. The predicted octanol–water partition coefficient (Wildman–Crippen LogP) is 6.13. The summed E-state index contributed by atoms with van der Waals surface area (Å²) in [4.78, 5) is 25.2. The summed E-state index contributed by atoms with van der Waals surface area (Å²) in [6.45, 7) is -0.291. The molecule has 0 aliphatic heterocycles. The quantitative estimate of drug-likeness (QED) is 0.346. The van der Waals surface area contributed by atoms with E-state index in [1.165, 1.54) is 36.4 Å². The van der Waals surface area contributed by atoms with Crippen molar-refractivity contribution < 1.29 is 22.8 Å². The van der Waals surface area contributed by atoms with Gasteiger partial charge in [0.05, 0.1) is 5.56 Å². The van der Waals surface area contributed by atoms with Gasteiger partial charge in [-0.3, -0.25) is 9.59 Å². The van der Waals surface area contributed by atoms with Gasteiger partial charge in [-0.1, -0.05) is 40.9 Å². The minimum absolute atomic E-state index is 0.0548. The van der Waals surface area contributed by atoms with E-state index < -0.39 is 29.1 Å². The third kappa shape index (κ3) is 4.40. The van der Waals surface area contributed by atoms with E-state index >= 15 is 0 Å². The zero-order valence-electron chi connectivity index (χ0n) is 15.7. The molecule has 4 rings (SSSR count). The van der Waals surface area contributed by atoms with Crippen molar-refractivity contribution in [2.75, 3.05) is 0 Å². The molecule has 1 aliphatic carbocycles. The first-order valence-electron chi connectivity index (χ1n) is 9.24. The van der Waals surface area contributed by atoms with Gasteiger partial charge in [-0.25, -0.2) is 0 Å². The molecule has 1 fully saturated rings. The first kappa shape index (κ1) is 22.0. The Morgan fingerprint density at radius 2 is 1.68 bits per heavy atom. The molecule has 0 saturated heterocycles. The van der Waals surface area contributed by atoms with E-state index in [4.69, 9.17) is 34.8 Å². The molecule has 3 aromatic rings. The van der Waals surface area contributed by atoms with Gasteiger partial charge in [0, 0.05) is 38.6 Å². The second-order valence-electron chi connectivity index (χ2n) is 7.28. The molecule has 1 heterocycles. The number of amides is 1. The Balaban J connectivity index is 1.94. The van der Waals surface area contributed by atoms with Gasteiger partial charge in [0.2, 0.25) is 0 Å². The fourth-order valence-electron chi connectivity index (χ4n) is 3.43. The van der Waals surface area contributed by atoms with Gasteiger partial charge in [-0.2, -0.15) is 13.2 Å². The van der Waals surface area contributed by atoms with Gasteiger partial charge < -0.3 is 9.88 Å². The summed E-state index contributed by atoms with van der Waals surface area (Å²) in [6, 6.07) is 8.31. The summed E-state index contributed by atoms with van der Waals surface area (Å²) >= 11 is 18.1. The van der Waals surface area contributed by atoms with Crippen LogP contribution in [0.1, 0.15) is 34.5 Å². The number of hydrogen-bond donors (Lipinski definition) is 1. The van der Waals surface area contributed by atoms with Crippen LogP contribution in [0.4, 0.5) is 13.2 Å². The first-order valence-corrected chi connectivity index (χ1v) is 10.4. The van der Waals surface area contributed by atoms with Crippen molar-refractivity contribution in [2.45, 2.75) is 31.6 Å². The monoisotopic (exact) mass is 488 g/mol. The number of ketones is 1. The van der Waals surface area contributed by atoms with E-state index in [2.05, 4.69) is 5.32 Å². The zero-order valence-corrected chi connectivity index (χ0v) is 18.0. The number of nitrogens with zero attached hydrogens (tertiary/aromatic N) is 1. The first-order chi connectivity index (χ1) is 14.6. The molecule has 162 valence electrons. The fourth-order valence-corrected chi connectivity index (χ4v) is 4.07. The Bertz CT molecular complexity index is 1220. The highest BCUT2D eigenvalue weighted by Crippen LogP contribution is 2.40. The molecule has 1 aromatic heterocycles. The van der Waals surface area contributed by atoms with Gasteiger partial charge in [-0.15, -0.1) is 0 Å². The predicted molar refractivity (Wildman–Crippen MR) is 113 cm³/mol. The van der Waals surface area contributed by atoms with Gasteiger partial charge >= 0.3 is 6.18 Å². The second-order valence-corrected chi connectivity index (χ2v) is 8.56. The minimum atomic E-state index is -4.92. The van der Waals surface area contributed by atoms with Crippen molar-refractivity contribution in [3.8, 4) is 0 Å². The number of aromatic nitrogens is 1. The maximum absolute atomic E-state index is 14.2. The van der Waals surface area contributed by atoms with E-state index in [-0.39, 0.29) is 33.5 Å². The number of alkyl halides is 3. The molecular weight excluding hydrogens is 476 g/mol. The average molecular weight is 490 g/mol. The number of rotatable bonds is 5. The number of carbonyl (C=O) groups excluding carboxylic acids is 2. The maximum atomic E-state index is 14.2. The molecule has 1 aliphatic rings. The standard InChI is InChI=1S/C21H14Cl3F3N2O2/c22-11-3-6-16-14(7-11)17(18(30)20(31)28-13-4-5-13)19(21(25,26)27)29(16)9-10-1-2-12(23)8-15(10)24/h1-3,6-8,13H,4-5,9H2,(H,28,31). The summed E-state index contributed by atoms with van der Waals surface area (Å²) in [7, 11) is 0. The molecule has 10 heteroatoms. The number of benzene rings is 2. The lowest BCUT2D eigenvalue weighted by atomic mass is 10.1. The van der Waals surface area contributed by atoms with Crippen LogP contribution in [0, 0.1) is 0 Å². The highest BCUT2D eigenvalue weighted by molar-refractivity contribution is 6.45. The summed E-state index contributed by atoms with van der Waals surface area (Å²) in [5, 5.41) is 3.05. The number of hydrogen-bond acceptors (Lipinski definition) is 2. The lowest BCUT2D eigenvalue weighted by Crippen LogP contribution is -2.34. The number of halogens is 6. The Hall–Kier alpha value is -2.22. The highest BCUT2D eigenvalue weighted by Gasteiger charge is 2.43. The Kier molecular flexibility index (Phi) is 5.70. The lowest BCUT2D eigenvalue weighted by molar-refractivity contribution is -0.143. The lowest BCUT2D eigenvalue weighted by Gasteiger charge is -2.15. The Morgan fingerprint density at radius 1 is 1.03 bits per heavy atom. The van der Waals surface area contributed by atoms with Crippen LogP contribution in [-0.2, 0) is 17.5 Å². The molecule has 4 nitrogen and oxygen atoms in total. The van der Waals surface area contributed by atoms with Crippen LogP contribution in [0.2, 0.25) is 15.1 Å². The summed E-state index contributed by atoms with van der Waals surface area (Å²) in [6.07, 6.45) is -3.54. The fraction of sp³-hybridized carbons (Fsp3) is 0.238. The summed E-state index contributed by atoms with van der Waals surface area (Å²) < 4.78 is 43.6. The molecule has 0 radical (unpaired) electrons. The van der Waals surface area contributed by atoms with Gasteiger partial charge in [0.25, 0.3) is 11.7 Å². The minimum Gasteiger partial charge on any atom is -0.346 e. The number of nitrogens with one attached hydrogen (secondary N) is 1. The van der Waals surface area contributed by atoms with E-state index in [9.17, 15) is 22.8 Å². The number of Topliss-reactive ketones (excluding diaryl/α,β-unsaturated/α-hetero) is 1. The van der Waals surface area contributed by atoms with Crippen LogP contribution < -0.4 is 5.32 Å². The summed E-state index contributed by atoms with van der Waals surface area (Å²) in [5.41, 5.74) is -1.49. The van der Waals surface area contributed by atoms with Crippen LogP contribution >= 0.6 is 34.8 Å². The molecule has 31 heavy (non-hydrogen) atoms. The van der Waals surface area contributed by atoms with Crippen molar-refractivity contribution in [2.24, 2.45) is 0 Å². The van der Waals surface area contributed by atoms with Crippen molar-refractivity contribution in [3.05, 3.63) is 68.3 Å². The molecule has 1 N–H and O–H groups in total. The van der Waals surface area contributed by atoms with Crippen molar-refractivity contribution in [3.63, 3.8) is 0 Å². The Morgan fingerprint density at radius 3 is 2.29 bits per heavy atom. The third-order valence-electron chi connectivity index (χ3n) is 4.98. The number of carbonyl (C=O) groups is 2. The van der Waals surface area contributed by atoms with E-state index in [1.807, 2.05) is 0 Å². The van der Waals surface area contributed by atoms with Crippen molar-refractivity contribution in [1.82, 2.24) is 9.88 Å². The van der Waals surface area contributed by atoms with Crippen LogP contribution in [0.3, 0.4) is 0 Å². The van der Waals surface area contributed by atoms with E-state index in [1.54, 1.807) is 0 Å². The van der Waals surface area contributed by atoms with Crippen LogP contribution in [0.25, 0.3) is 10.9 Å². The van der Waals surface area contributed by atoms with Gasteiger partial charge in [-0.05, 0) is 48.7 Å². The van der Waals surface area contributed by atoms with Crippen LogP contribution in [-0.4, -0.2) is 22.3 Å². The Labute approximate surface area is 189 Å². The van der Waals surface area contributed by atoms with Crippen molar-refractivity contribution in [1.29, 1.82) is 0 Å². The topological polar surface area (TPSA) is 51.1 Å². The molecule has 0 spiro atoms. The SMILES string of the molecule is O=C(NC1CC1)C(=O)c1c(C(F)(F)F)n(Cc2ccc(Cl)cc2Cl)c2ccc(Cl)cc12. The number of fused-ring (bicyclic) bond motifs is 1. The molecular formula is C21H14Cl3F3N2O2. The normalized spacial score (nSPS) is 14.1. The molecule has 0 atom stereocenters. The maximum Gasteiger partial charge on any atom is 0.432 e. The van der Waals surface area contributed by atoms with Crippen molar-refractivity contribution >= 4 is 57.4 Å². The molecule has 0 bridgehead atoms. The summed E-state index contributed by atoms with van der Waals surface area (Å²) in [5.74, 6) is -2.33.